The summed E-state index contributed by atoms with van der Waals surface area (Å²) in [6, 6.07) is 19.9. The van der Waals surface area contributed by atoms with E-state index in [4.69, 9.17) is 4.74 Å². The highest BCUT2D eigenvalue weighted by Gasteiger charge is 2.22. The number of rotatable bonds is 5. The average molecular weight is 295 g/mol. The van der Waals surface area contributed by atoms with E-state index in [1.807, 2.05) is 0 Å². The summed E-state index contributed by atoms with van der Waals surface area (Å²) in [6.07, 6.45) is 5.09. The third-order valence-corrected chi connectivity index (χ3v) is 4.60. The molecule has 0 aromatic heterocycles. The first-order valence-electron chi connectivity index (χ1n) is 8.29. The maximum Gasteiger partial charge on any atom is 0.118 e. The first kappa shape index (κ1) is 15.1. The van der Waals surface area contributed by atoms with E-state index >= 15 is 0 Å². The number of nitrogens with zero attached hydrogens (tertiary/aromatic N) is 1. The molecule has 2 aromatic rings. The van der Waals surface area contributed by atoms with Gasteiger partial charge in [-0.1, -0.05) is 48.9 Å². The van der Waals surface area contributed by atoms with Crippen LogP contribution >= 0.6 is 0 Å². The first-order chi connectivity index (χ1) is 10.9. The Balaban J connectivity index is 1.83. The fourth-order valence-corrected chi connectivity index (χ4v) is 3.35. The Kier molecular flexibility index (Phi) is 5.12. The molecule has 1 atom stereocenters. The molecule has 2 nitrogen and oxygen atoms in total. The summed E-state index contributed by atoms with van der Waals surface area (Å²) < 4.78 is 5.30. The van der Waals surface area contributed by atoms with Gasteiger partial charge in [0.2, 0.25) is 0 Å². The summed E-state index contributed by atoms with van der Waals surface area (Å²) in [5.41, 5.74) is 2.81. The lowest BCUT2D eigenvalue weighted by molar-refractivity contribution is 0.162. The summed E-state index contributed by atoms with van der Waals surface area (Å²) >= 11 is 0. The highest BCUT2D eigenvalue weighted by atomic mass is 16.5. The molecule has 2 aromatic carbocycles. The highest BCUT2D eigenvalue weighted by molar-refractivity contribution is 5.30. The number of benzene rings is 2. The first-order valence-corrected chi connectivity index (χ1v) is 8.29. The van der Waals surface area contributed by atoms with Crippen molar-refractivity contribution < 1.29 is 4.74 Å². The molecule has 22 heavy (non-hydrogen) atoms. The number of hydrogen-bond acceptors (Lipinski definition) is 2. The van der Waals surface area contributed by atoms with E-state index in [9.17, 15) is 0 Å². The van der Waals surface area contributed by atoms with Crippen LogP contribution in [0.3, 0.4) is 0 Å². The number of piperidine rings is 1. The molecule has 0 amide bonds. The smallest absolute Gasteiger partial charge is 0.118 e. The summed E-state index contributed by atoms with van der Waals surface area (Å²) in [4.78, 5) is 2.65. The van der Waals surface area contributed by atoms with Gasteiger partial charge in [0.05, 0.1) is 7.11 Å². The molecule has 116 valence electrons. The van der Waals surface area contributed by atoms with Gasteiger partial charge in [0.1, 0.15) is 5.75 Å². The number of ether oxygens (including phenoxy) is 1. The van der Waals surface area contributed by atoms with Gasteiger partial charge >= 0.3 is 0 Å². The molecule has 1 saturated heterocycles. The lowest BCUT2D eigenvalue weighted by Gasteiger charge is -2.35. The van der Waals surface area contributed by atoms with E-state index in [1.54, 1.807) is 7.11 Å². The third-order valence-electron chi connectivity index (χ3n) is 4.60. The van der Waals surface area contributed by atoms with Crippen LogP contribution in [0.15, 0.2) is 54.6 Å². The molecule has 0 unspecified atom stereocenters. The molecule has 1 aliphatic rings. The largest absolute Gasteiger partial charge is 0.497 e. The Bertz CT molecular complexity index is 558. The second kappa shape index (κ2) is 7.46. The predicted octanol–water partition coefficient (Wildman–Crippen LogP) is 4.46. The zero-order chi connectivity index (χ0) is 15.2. The van der Waals surface area contributed by atoms with Crippen molar-refractivity contribution in [3.63, 3.8) is 0 Å². The predicted molar refractivity (Wildman–Crippen MR) is 91.3 cm³/mol. The highest BCUT2D eigenvalue weighted by Crippen LogP contribution is 2.29. The van der Waals surface area contributed by atoms with Gasteiger partial charge in [-0.2, -0.15) is 0 Å². The molecular weight excluding hydrogens is 270 g/mol. The van der Waals surface area contributed by atoms with Crippen molar-refractivity contribution in [2.24, 2.45) is 0 Å². The molecule has 0 aliphatic carbocycles. The second-order valence-corrected chi connectivity index (χ2v) is 6.08. The molecule has 0 radical (unpaired) electrons. The molecule has 3 rings (SSSR count). The maximum atomic E-state index is 5.30. The fourth-order valence-electron chi connectivity index (χ4n) is 3.35. The van der Waals surface area contributed by atoms with Crippen molar-refractivity contribution in [2.45, 2.75) is 31.7 Å². The quantitative estimate of drug-likeness (QED) is 0.807. The van der Waals surface area contributed by atoms with Crippen LogP contribution < -0.4 is 4.74 Å². The van der Waals surface area contributed by atoms with Crippen LogP contribution in [0.5, 0.6) is 5.75 Å². The van der Waals surface area contributed by atoms with E-state index in [0.717, 1.165) is 12.2 Å². The molecule has 0 spiro atoms. The van der Waals surface area contributed by atoms with Crippen LogP contribution in [0.25, 0.3) is 0 Å². The van der Waals surface area contributed by atoms with Crippen LogP contribution in [-0.2, 0) is 6.42 Å². The number of methoxy groups -OCH3 is 1. The molecule has 0 N–H and O–H groups in total. The van der Waals surface area contributed by atoms with Gasteiger partial charge in [-0.3, -0.25) is 4.90 Å². The van der Waals surface area contributed by atoms with Crippen molar-refractivity contribution in [1.29, 1.82) is 0 Å². The Morgan fingerprint density at radius 2 is 1.59 bits per heavy atom. The summed E-state index contributed by atoms with van der Waals surface area (Å²) in [5.74, 6) is 0.931. The van der Waals surface area contributed by atoms with E-state index in [2.05, 4.69) is 59.5 Å². The van der Waals surface area contributed by atoms with Crippen molar-refractivity contribution in [2.75, 3.05) is 20.2 Å². The monoisotopic (exact) mass is 295 g/mol. The minimum atomic E-state index is 0.466. The SMILES string of the molecule is COc1ccc([C@H](Cc2ccccc2)N2CCCCC2)cc1. The maximum absolute atomic E-state index is 5.30. The molecule has 2 heteroatoms. The van der Waals surface area contributed by atoms with Gasteiger partial charge in [-0.15, -0.1) is 0 Å². The molecule has 0 saturated carbocycles. The Labute approximate surface area is 133 Å². The minimum absolute atomic E-state index is 0.466. The normalized spacial score (nSPS) is 17.1. The Hall–Kier alpha value is -1.80. The van der Waals surface area contributed by atoms with Gasteiger partial charge in [0.25, 0.3) is 0 Å². The van der Waals surface area contributed by atoms with Crippen LogP contribution in [0.4, 0.5) is 0 Å². The van der Waals surface area contributed by atoms with Crippen molar-refractivity contribution in [3.05, 3.63) is 65.7 Å². The van der Waals surface area contributed by atoms with Crippen molar-refractivity contribution in [1.82, 2.24) is 4.90 Å². The minimum Gasteiger partial charge on any atom is -0.497 e. The average Bonchev–Trinajstić information content (AvgIpc) is 2.61. The molecule has 1 aliphatic heterocycles. The summed E-state index contributed by atoms with van der Waals surface area (Å²) in [6.45, 7) is 2.42. The van der Waals surface area contributed by atoms with Crippen LogP contribution in [0.1, 0.15) is 36.4 Å². The van der Waals surface area contributed by atoms with Crippen LogP contribution in [0, 0.1) is 0 Å². The van der Waals surface area contributed by atoms with E-state index in [1.165, 1.54) is 43.5 Å². The van der Waals surface area contributed by atoms with E-state index < -0.39 is 0 Å². The van der Waals surface area contributed by atoms with E-state index in [0.29, 0.717) is 6.04 Å². The summed E-state index contributed by atoms with van der Waals surface area (Å²) in [7, 11) is 1.72. The zero-order valence-corrected chi connectivity index (χ0v) is 13.4. The zero-order valence-electron chi connectivity index (χ0n) is 13.4. The standard InChI is InChI=1S/C20H25NO/c1-22-19-12-10-18(11-13-19)20(21-14-6-3-7-15-21)16-17-8-4-2-5-9-17/h2,4-5,8-13,20H,3,6-7,14-16H2,1H3/t20-/m0/s1. The van der Waals surface area contributed by atoms with Gasteiger partial charge in [0, 0.05) is 6.04 Å². The number of hydrogen-bond donors (Lipinski definition) is 0. The molecule has 1 heterocycles. The molecular formula is C20H25NO. The van der Waals surface area contributed by atoms with Gasteiger partial charge in [0.15, 0.2) is 0 Å². The lowest BCUT2D eigenvalue weighted by Crippen LogP contribution is -2.34. The Morgan fingerprint density at radius 3 is 2.23 bits per heavy atom. The fraction of sp³-hybridized carbons (Fsp3) is 0.400. The van der Waals surface area contributed by atoms with Crippen molar-refractivity contribution in [3.8, 4) is 5.75 Å². The van der Waals surface area contributed by atoms with Crippen molar-refractivity contribution >= 4 is 0 Å². The van der Waals surface area contributed by atoms with E-state index in [-0.39, 0.29) is 0 Å². The van der Waals surface area contributed by atoms with Gasteiger partial charge < -0.3 is 4.74 Å². The molecule has 0 bridgehead atoms. The topological polar surface area (TPSA) is 12.5 Å². The van der Waals surface area contributed by atoms with Crippen LogP contribution in [-0.4, -0.2) is 25.1 Å². The lowest BCUT2D eigenvalue weighted by atomic mass is 9.95. The third kappa shape index (κ3) is 3.69. The van der Waals surface area contributed by atoms with Crippen LogP contribution in [0.2, 0.25) is 0 Å². The molecule has 1 fully saturated rings. The van der Waals surface area contributed by atoms with Gasteiger partial charge in [-0.25, -0.2) is 0 Å². The van der Waals surface area contributed by atoms with Gasteiger partial charge in [-0.05, 0) is 55.6 Å². The Morgan fingerprint density at radius 1 is 0.909 bits per heavy atom. The second-order valence-electron chi connectivity index (χ2n) is 6.08. The number of likely N-dealkylation sites (tertiary alicyclic amines) is 1. The summed E-state index contributed by atoms with van der Waals surface area (Å²) in [5, 5.41) is 0.